The molecule has 0 amide bonds. The van der Waals surface area contributed by atoms with Gasteiger partial charge in [0.1, 0.15) is 11.6 Å². The standard InChI is InChI=1S/C14H15FN4/c1-2-13-16-8-10-6-7-19(9-11(10)17-13)14-5-3-4-12(15)18-14/h3-5,8H,2,6-7,9H2,1H3. The Kier molecular flexibility index (Phi) is 3.11. The number of aryl methyl sites for hydroxylation is 1. The zero-order valence-electron chi connectivity index (χ0n) is 10.8. The number of rotatable bonds is 2. The second kappa shape index (κ2) is 4.91. The Balaban J connectivity index is 1.88. The van der Waals surface area contributed by atoms with E-state index in [-0.39, 0.29) is 0 Å². The third-order valence-corrected chi connectivity index (χ3v) is 3.34. The molecule has 0 aromatic carbocycles. The van der Waals surface area contributed by atoms with Crippen LogP contribution >= 0.6 is 0 Å². The van der Waals surface area contributed by atoms with Gasteiger partial charge in [-0.3, -0.25) is 0 Å². The number of fused-ring (bicyclic) bond motifs is 1. The Morgan fingerprint density at radius 1 is 1.32 bits per heavy atom. The van der Waals surface area contributed by atoms with Crippen LogP contribution in [0.15, 0.2) is 24.4 Å². The molecular weight excluding hydrogens is 243 g/mol. The molecule has 1 aliphatic rings. The molecule has 5 heteroatoms. The highest BCUT2D eigenvalue weighted by atomic mass is 19.1. The number of anilines is 1. The first-order valence-corrected chi connectivity index (χ1v) is 6.47. The summed E-state index contributed by atoms with van der Waals surface area (Å²) in [6.07, 6.45) is 3.61. The second-order valence-electron chi connectivity index (χ2n) is 4.60. The van der Waals surface area contributed by atoms with E-state index in [0.717, 1.165) is 30.9 Å². The molecule has 0 radical (unpaired) electrons. The van der Waals surface area contributed by atoms with E-state index < -0.39 is 5.95 Å². The fourth-order valence-corrected chi connectivity index (χ4v) is 2.28. The number of hydrogen-bond acceptors (Lipinski definition) is 4. The number of pyridine rings is 1. The van der Waals surface area contributed by atoms with Crippen LogP contribution in [0.4, 0.5) is 10.2 Å². The molecule has 0 bridgehead atoms. The number of hydrogen-bond donors (Lipinski definition) is 0. The molecule has 0 fully saturated rings. The van der Waals surface area contributed by atoms with Crippen molar-refractivity contribution in [2.24, 2.45) is 0 Å². The van der Waals surface area contributed by atoms with Crippen LogP contribution < -0.4 is 4.90 Å². The van der Waals surface area contributed by atoms with Gasteiger partial charge in [0.25, 0.3) is 0 Å². The SMILES string of the molecule is CCc1ncc2c(n1)CN(c1cccc(F)n1)CC2. The van der Waals surface area contributed by atoms with Crippen LogP contribution in [-0.2, 0) is 19.4 Å². The van der Waals surface area contributed by atoms with Gasteiger partial charge in [-0.15, -0.1) is 0 Å². The highest BCUT2D eigenvalue weighted by Crippen LogP contribution is 2.21. The summed E-state index contributed by atoms with van der Waals surface area (Å²) in [6.45, 7) is 3.52. The maximum Gasteiger partial charge on any atom is 0.214 e. The lowest BCUT2D eigenvalue weighted by Crippen LogP contribution is -2.32. The smallest absolute Gasteiger partial charge is 0.214 e. The highest BCUT2D eigenvalue weighted by Gasteiger charge is 2.19. The van der Waals surface area contributed by atoms with Crippen LogP contribution in [0.3, 0.4) is 0 Å². The van der Waals surface area contributed by atoms with E-state index in [9.17, 15) is 4.39 Å². The van der Waals surface area contributed by atoms with Gasteiger partial charge in [-0.25, -0.2) is 15.0 Å². The first-order valence-electron chi connectivity index (χ1n) is 6.47. The van der Waals surface area contributed by atoms with Gasteiger partial charge in [0.2, 0.25) is 5.95 Å². The molecule has 0 aliphatic carbocycles. The first kappa shape index (κ1) is 12.0. The van der Waals surface area contributed by atoms with Gasteiger partial charge >= 0.3 is 0 Å². The van der Waals surface area contributed by atoms with Crippen LogP contribution in [0, 0.1) is 5.95 Å². The Bertz CT molecular complexity index is 600. The largest absolute Gasteiger partial charge is 0.350 e. The third-order valence-electron chi connectivity index (χ3n) is 3.34. The summed E-state index contributed by atoms with van der Waals surface area (Å²) in [4.78, 5) is 14.9. The molecule has 3 heterocycles. The van der Waals surface area contributed by atoms with Crippen LogP contribution in [0.5, 0.6) is 0 Å². The van der Waals surface area contributed by atoms with Gasteiger partial charge in [-0.2, -0.15) is 4.39 Å². The fourth-order valence-electron chi connectivity index (χ4n) is 2.28. The normalized spacial score (nSPS) is 14.3. The third kappa shape index (κ3) is 2.41. The summed E-state index contributed by atoms with van der Waals surface area (Å²) >= 11 is 0. The molecule has 98 valence electrons. The molecular formula is C14H15FN4. The molecule has 2 aromatic rings. The predicted molar refractivity (Wildman–Crippen MR) is 70.4 cm³/mol. The zero-order valence-corrected chi connectivity index (χ0v) is 10.8. The minimum atomic E-state index is -0.444. The Morgan fingerprint density at radius 2 is 2.21 bits per heavy atom. The maximum atomic E-state index is 13.2. The second-order valence-corrected chi connectivity index (χ2v) is 4.60. The molecule has 3 rings (SSSR count). The predicted octanol–water partition coefficient (Wildman–Crippen LogP) is 2.14. The lowest BCUT2D eigenvalue weighted by molar-refractivity contribution is 0.577. The van der Waals surface area contributed by atoms with E-state index >= 15 is 0 Å². The fraction of sp³-hybridized carbons (Fsp3) is 0.357. The topological polar surface area (TPSA) is 41.9 Å². The Labute approximate surface area is 111 Å². The van der Waals surface area contributed by atoms with Crippen LogP contribution in [0.25, 0.3) is 0 Å². The zero-order chi connectivity index (χ0) is 13.2. The maximum absolute atomic E-state index is 13.2. The van der Waals surface area contributed by atoms with Crippen molar-refractivity contribution in [2.75, 3.05) is 11.4 Å². The summed E-state index contributed by atoms with van der Waals surface area (Å²) in [6, 6.07) is 4.87. The van der Waals surface area contributed by atoms with Crippen LogP contribution in [-0.4, -0.2) is 21.5 Å². The molecule has 0 saturated carbocycles. The van der Waals surface area contributed by atoms with Crippen molar-refractivity contribution in [3.63, 3.8) is 0 Å². The van der Waals surface area contributed by atoms with E-state index in [1.807, 2.05) is 19.2 Å². The summed E-state index contributed by atoms with van der Waals surface area (Å²) in [7, 11) is 0. The van der Waals surface area contributed by atoms with E-state index in [4.69, 9.17) is 0 Å². The summed E-state index contributed by atoms with van der Waals surface area (Å²) in [5.74, 6) is 1.08. The number of nitrogens with zero attached hydrogens (tertiary/aromatic N) is 4. The molecule has 1 aliphatic heterocycles. The van der Waals surface area contributed by atoms with Gasteiger partial charge in [-0.1, -0.05) is 13.0 Å². The van der Waals surface area contributed by atoms with Gasteiger partial charge in [0.15, 0.2) is 0 Å². The van der Waals surface area contributed by atoms with Crippen molar-refractivity contribution in [3.8, 4) is 0 Å². The first-order chi connectivity index (χ1) is 9.26. The van der Waals surface area contributed by atoms with Crippen LogP contribution in [0.1, 0.15) is 24.0 Å². The van der Waals surface area contributed by atoms with Gasteiger partial charge in [0.05, 0.1) is 12.2 Å². The average Bonchev–Trinajstić information content (AvgIpc) is 2.46. The summed E-state index contributed by atoms with van der Waals surface area (Å²) in [5, 5.41) is 0. The molecule has 0 spiro atoms. The van der Waals surface area contributed by atoms with Crippen molar-refractivity contribution >= 4 is 5.82 Å². The molecule has 0 unspecified atom stereocenters. The highest BCUT2D eigenvalue weighted by molar-refractivity contribution is 5.41. The van der Waals surface area contributed by atoms with Crippen molar-refractivity contribution in [1.82, 2.24) is 15.0 Å². The minimum absolute atomic E-state index is 0.444. The molecule has 0 saturated heterocycles. The summed E-state index contributed by atoms with van der Waals surface area (Å²) in [5.41, 5.74) is 2.22. The van der Waals surface area contributed by atoms with E-state index in [0.29, 0.717) is 12.4 Å². The van der Waals surface area contributed by atoms with E-state index in [1.165, 1.54) is 11.6 Å². The average molecular weight is 258 g/mol. The van der Waals surface area contributed by atoms with Gasteiger partial charge in [0, 0.05) is 19.2 Å². The van der Waals surface area contributed by atoms with Crippen molar-refractivity contribution in [1.29, 1.82) is 0 Å². The van der Waals surface area contributed by atoms with Crippen molar-refractivity contribution in [3.05, 3.63) is 47.4 Å². The minimum Gasteiger partial charge on any atom is -0.350 e. The van der Waals surface area contributed by atoms with Gasteiger partial charge in [-0.05, 0) is 24.1 Å². The quantitative estimate of drug-likeness (QED) is 0.774. The van der Waals surface area contributed by atoms with E-state index in [2.05, 4.69) is 19.9 Å². The summed E-state index contributed by atoms with van der Waals surface area (Å²) < 4.78 is 13.2. The Morgan fingerprint density at radius 3 is 3.00 bits per heavy atom. The lowest BCUT2D eigenvalue weighted by Gasteiger charge is -2.28. The number of halogens is 1. The Hall–Kier alpha value is -2.04. The molecule has 2 aromatic heterocycles. The number of aromatic nitrogens is 3. The van der Waals surface area contributed by atoms with Crippen molar-refractivity contribution < 1.29 is 4.39 Å². The van der Waals surface area contributed by atoms with Crippen molar-refractivity contribution in [2.45, 2.75) is 26.3 Å². The van der Waals surface area contributed by atoms with E-state index in [1.54, 1.807) is 6.07 Å². The molecule has 19 heavy (non-hydrogen) atoms. The molecule has 4 nitrogen and oxygen atoms in total. The monoisotopic (exact) mass is 258 g/mol. The molecule has 0 N–H and O–H groups in total. The lowest BCUT2D eigenvalue weighted by atomic mass is 10.1. The van der Waals surface area contributed by atoms with Gasteiger partial charge < -0.3 is 4.90 Å². The van der Waals surface area contributed by atoms with Crippen LogP contribution in [0.2, 0.25) is 0 Å². The molecule has 0 atom stereocenters.